The molecule has 0 unspecified atom stereocenters. The van der Waals surface area contributed by atoms with Gasteiger partial charge in [0.05, 0.1) is 4.92 Å². The molecule has 0 bridgehead atoms. The monoisotopic (exact) mass is 231 g/mol. The third kappa shape index (κ3) is 2.53. The molecule has 17 heavy (non-hydrogen) atoms. The molecule has 1 aliphatic carbocycles. The van der Waals surface area contributed by atoms with Crippen molar-refractivity contribution in [2.75, 3.05) is 11.9 Å². The first-order valence-electron chi connectivity index (χ1n) is 5.46. The summed E-state index contributed by atoms with van der Waals surface area (Å²) in [7, 11) is 0. The molecule has 0 amide bonds. The molecule has 0 spiro atoms. The van der Waals surface area contributed by atoms with E-state index in [1.54, 1.807) is 6.07 Å². The van der Waals surface area contributed by atoms with Gasteiger partial charge in [-0.25, -0.2) is 0 Å². The number of rotatable bonds is 4. The Labute approximate surface area is 99.2 Å². The van der Waals surface area contributed by atoms with E-state index in [-0.39, 0.29) is 11.3 Å². The molecule has 0 aliphatic heterocycles. The Morgan fingerprint density at radius 3 is 2.82 bits per heavy atom. The summed E-state index contributed by atoms with van der Waals surface area (Å²) in [4.78, 5) is 10.2. The molecule has 0 heterocycles. The molecule has 1 aromatic carbocycles. The van der Waals surface area contributed by atoms with Crippen molar-refractivity contribution in [3.8, 4) is 6.07 Å². The summed E-state index contributed by atoms with van der Waals surface area (Å²) >= 11 is 0. The molecule has 0 aromatic heterocycles. The molecule has 5 nitrogen and oxygen atoms in total. The highest BCUT2D eigenvalue weighted by Gasteiger charge is 2.36. The van der Waals surface area contributed by atoms with Gasteiger partial charge >= 0.3 is 0 Å². The zero-order chi connectivity index (χ0) is 12.5. The number of benzene rings is 1. The van der Waals surface area contributed by atoms with Crippen molar-refractivity contribution < 1.29 is 4.92 Å². The summed E-state index contributed by atoms with van der Waals surface area (Å²) in [5, 5.41) is 22.7. The summed E-state index contributed by atoms with van der Waals surface area (Å²) in [5.74, 6) is 0. The third-order valence-electron chi connectivity index (χ3n) is 3.14. The van der Waals surface area contributed by atoms with Crippen LogP contribution < -0.4 is 5.32 Å². The fraction of sp³-hybridized carbons (Fsp3) is 0.417. The van der Waals surface area contributed by atoms with Crippen LogP contribution in [0.4, 0.5) is 11.4 Å². The maximum absolute atomic E-state index is 10.8. The molecule has 1 aliphatic rings. The first kappa shape index (κ1) is 11.4. The standard InChI is InChI=1S/C12H13N3O2/c1-12(4-5-12)8-14-10-3-2-9(7-13)11(6-10)15(16)17/h2-3,6,14H,4-5,8H2,1H3. The second kappa shape index (κ2) is 4.06. The van der Waals surface area contributed by atoms with Gasteiger partial charge in [-0.1, -0.05) is 6.92 Å². The van der Waals surface area contributed by atoms with Crippen LogP contribution in [-0.2, 0) is 0 Å². The van der Waals surface area contributed by atoms with Crippen molar-refractivity contribution in [1.82, 2.24) is 0 Å². The lowest BCUT2D eigenvalue weighted by molar-refractivity contribution is -0.385. The van der Waals surface area contributed by atoms with Crippen LogP contribution in [0.1, 0.15) is 25.3 Å². The molecule has 1 aromatic rings. The zero-order valence-corrected chi connectivity index (χ0v) is 9.56. The molecule has 0 saturated heterocycles. The Kier molecular flexibility index (Phi) is 2.72. The van der Waals surface area contributed by atoms with Gasteiger partial charge in [0.25, 0.3) is 5.69 Å². The van der Waals surface area contributed by atoms with E-state index in [4.69, 9.17) is 5.26 Å². The smallest absolute Gasteiger partial charge is 0.289 e. The van der Waals surface area contributed by atoms with Crippen LogP contribution in [0.25, 0.3) is 0 Å². The number of hydrogen-bond acceptors (Lipinski definition) is 4. The minimum atomic E-state index is -0.525. The zero-order valence-electron chi connectivity index (χ0n) is 9.56. The Balaban J connectivity index is 2.16. The summed E-state index contributed by atoms with van der Waals surface area (Å²) in [6.07, 6.45) is 2.39. The largest absolute Gasteiger partial charge is 0.384 e. The van der Waals surface area contributed by atoms with Crippen LogP contribution in [0.2, 0.25) is 0 Å². The Morgan fingerprint density at radius 1 is 1.59 bits per heavy atom. The van der Waals surface area contributed by atoms with E-state index in [9.17, 15) is 10.1 Å². The van der Waals surface area contributed by atoms with Crippen LogP contribution >= 0.6 is 0 Å². The molecule has 1 fully saturated rings. The lowest BCUT2D eigenvalue weighted by atomic mass is 10.1. The minimum Gasteiger partial charge on any atom is -0.384 e. The summed E-state index contributed by atoms with van der Waals surface area (Å²) in [5.41, 5.74) is 0.989. The molecule has 5 heteroatoms. The first-order valence-corrected chi connectivity index (χ1v) is 5.46. The lowest BCUT2D eigenvalue weighted by Crippen LogP contribution is -2.11. The minimum absolute atomic E-state index is 0.0955. The second-order valence-electron chi connectivity index (χ2n) is 4.77. The summed E-state index contributed by atoms with van der Waals surface area (Å²) in [6.45, 7) is 2.99. The fourth-order valence-corrected chi connectivity index (χ4v) is 1.59. The summed E-state index contributed by atoms with van der Waals surface area (Å²) in [6, 6.07) is 6.43. The van der Waals surface area contributed by atoms with E-state index >= 15 is 0 Å². The Bertz CT molecular complexity index is 501. The summed E-state index contributed by atoms with van der Waals surface area (Å²) < 4.78 is 0. The van der Waals surface area contributed by atoms with Crippen LogP contribution in [0.5, 0.6) is 0 Å². The van der Waals surface area contributed by atoms with Gasteiger partial charge in [0.1, 0.15) is 11.6 Å². The highest BCUT2D eigenvalue weighted by atomic mass is 16.6. The second-order valence-corrected chi connectivity index (χ2v) is 4.77. The molecule has 1 saturated carbocycles. The predicted molar refractivity (Wildman–Crippen MR) is 63.6 cm³/mol. The molecule has 0 atom stereocenters. The quantitative estimate of drug-likeness (QED) is 0.638. The average Bonchev–Trinajstić information content (AvgIpc) is 3.05. The molecule has 88 valence electrons. The van der Waals surface area contributed by atoms with E-state index in [1.165, 1.54) is 25.0 Å². The topological polar surface area (TPSA) is 79.0 Å². The van der Waals surface area contributed by atoms with E-state index in [2.05, 4.69) is 12.2 Å². The molecule has 1 N–H and O–H groups in total. The number of anilines is 1. The van der Waals surface area contributed by atoms with Crippen molar-refractivity contribution in [2.24, 2.45) is 5.41 Å². The first-order chi connectivity index (χ1) is 8.04. The van der Waals surface area contributed by atoms with Gasteiger partial charge in [0.2, 0.25) is 0 Å². The Morgan fingerprint density at radius 2 is 2.29 bits per heavy atom. The lowest BCUT2D eigenvalue weighted by Gasteiger charge is -2.11. The van der Waals surface area contributed by atoms with Crippen LogP contribution in [0.3, 0.4) is 0 Å². The Hall–Kier alpha value is -2.09. The molecule has 0 radical (unpaired) electrons. The number of hydrogen-bond donors (Lipinski definition) is 1. The van der Waals surface area contributed by atoms with Crippen LogP contribution in [-0.4, -0.2) is 11.5 Å². The van der Waals surface area contributed by atoms with Crippen LogP contribution in [0, 0.1) is 26.9 Å². The van der Waals surface area contributed by atoms with E-state index in [0.717, 1.165) is 6.54 Å². The van der Waals surface area contributed by atoms with Gasteiger partial charge < -0.3 is 5.32 Å². The third-order valence-corrected chi connectivity index (χ3v) is 3.14. The van der Waals surface area contributed by atoms with Crippen molar-refractivity contribution >= 4 is 11.4 Å². The SMILES string of the molecule is CC1(CNc2ccc(C#N)c([N+](=O)[O-])c2)CC1. The fourth-order valence-electron chi connectivity index (χ4n) is 1.59. The predicted octanol–water partition coefficient (Wildman–Crippen LogP) is 2.68. The van der Waals surface area contributed by atoms with E-state index in [0.29, 0.717) is 11.1 Å². The highest BCUT2D eigenvalue weighted by Crippen LogP contribution is 2.44. The van der Waals surface area contributed by atoms with E-state index in [1.807, 2.05) is 6.07 Å². The van der Waals surface area contributed by atoms with Crippen molar-refractivity contribution in [3.63, 3.8) is 0 Å². The highest BCUT2D eigenvalue weighted by molar-refractivity contribution is 5.59. The van der Waals surface area contributed by atoms with Crippen molar-refractivity contribution in [3.05, 3.63) is 33.9 Å². The number of nitro groups is 1. The number of nitrogens with zero attached hydrogens (tertiary/aromatic N) is 2. The van der Waals surface area contributed by atoms with Gasteiger partial charge in [-0.2, -0.15) is 5.26 Å². The van der Waals surface area contributed by atoms with Gasteiger partial charge in [-0.15, -0.1) is 0 Å². The maximum atomic E-state index is 10.8. The van der Waals surface area contributed by atoms with Crippen LogP contribution in [0.15, 0.2) is 18.2 Å². The van der Waals surface area contributed by atoms with Crippen molar-refractivity contribution in [2.45, 2.75) is 19.8 Å². The maximum Gasteiger partial charge on any atom is 0.289 e. The van der Waals surface area contributed by atoms with Gasteiger partial charge in [-0.3, -0.25) is 10.1 Å². The number of nitriles is 1. The number of nitro benzene ring substituents is 1. The average molecular weight is 231 g/mol. The molecular weight excluding hydrogens is 218 g/mol. The van der Waals surface area contributed by atoms with Crippen molar-refractivity contribution in [1.29, 1.82) is 5.26 Å². The van der Waals surface area contributed by atoms with Gasteiger partial charge in [-0.05, 0) is 30.4 Å². The molecule has 2 rings (SSSR count). The van der Waals surface area contributed by atoms with Gasteiger partial charge in [0.15, 0.2) is 0 Å². The molecular formula is C12H13N3O2. The normalized spacial score (nSPS) is 16.0. The van der Waals surface area contributed by atoms with Gasteiger partial charge in [0, 0.05) is 18.3 Å². The van der Waals surface area contributed by atoms with E-state index < -0.39 is 4.92 Å². The number of nitrogens with one attached hydrogen (secondary N) is 1.